The van der Waals surface area contributed by atoms with E-state index in [1.54, 1.807) is 0 Å². The second-order valence-electron chi connectivity index (χ2n) is 3.82. The molecule has 19 heavy (non-hydrogen) atoms. The number of aliphatic hydroxyl groups excluding tert-OH is 1. The lowest BCUT2D eigenvalue weighted by Gasteiger charge is -2.04. The van der Waals surface area contributed by atoms with Crippen LogP contribution in [0.4, 0.5) is 4.39 Å². The van der Waals surface area contributed by atoms with Crippen molar-refractivity contribution in [3.8, 4) is 5.69 Å². The molecule has 0 amide bonds. The van der Waals surface area contributed by atoms with Gasteiger partial charge in [0.2, 0.25) is 0 Å². The molecule has 5 nitrogen and oxygen atoms in total. The topological polar surface area (TPSA) is 75.3 Å². The Bertz CT molecular complexity index is 627. The minimum atomic E-state index is -1.19. The molecule has 0 aliphatic carbocycles. The summed E-state index contributed by atoms with van der Waals surface area (Å²) in [6.07, 6.45) is 1.65. The van der Waals surface area contributed by atoms with Gasteiger partial charge in [-0.1, -0.05) is 0 Å². The third-order valence-electron chi connectivity index (χ3n) is 2.53. The highest BCUT2D eigenvalue weighted by Gasteiger charge is 2.17. The van der Waals surface area contributed by atoms with E-state index in [1.807, 2.05) is 0 Å². The van der Waals surface area contributed by atoms with Gasteiger partial charge in [-0.25, -0.2) is 13.9 Å². The van der Waals surface area contributed by atoms with Gasteiger partial charge in [0.05, 0.1) is 5.69 Å². The molecule has 100 valence electrons. The van der Waals surface area contributed by atoms with Crippen molar-refractivity contribution in [2.75, 3.05) is 6.61 Å². The number of nitrogens with zero attached hydrogens (tertiary/aromatic N) is 2. The normalized spacial score (nSPS) is 10.7. The number of carboxylic acid groups (broad SMARTS) is 1. The van der Waals surface area contributed by atoms with Crippen LogP contribution in [-0.2, 0) is 6.42 Å². The van der Waals surface area contributed by atoms with E-state index >= 15 is 0 Å². The van der Waals surface area contributed by atoms with Crippen LogP contribution in [0.3, 0.4) is 0 Å². The summed E-state index contributed by atoms with van der Waals surface area (Å²) in [7, 11) is 0. The number of hydrogen-bond acceptors (Lipinski definition) is 3. The van der Waals surface area contributed by atoms with Crippen molar-refractivity contribution in [1.29, 1.82) is 0 Å². The number of carboxylic acids is 1. The first-order chi connectivity index (χ1) is 9.02. The Hall–Kier alpha value is -1.73. The molecule has 0 saturated carbocycles. The number of benzene rings is 1. The largest absolute Gasteiger partial charge is 0.476 e. The lowest BCUT2D eigenvalue weighted by molar-refractivity contribution is 0.0688. The highest BCUT2D eigenvalue weighted by molar-refractivity contribution is 9.10. The Morgan fingerprint density at radius 1 is 1.47 bits per heavy atom. The molecular weight excluding hydrogens is 319 g/mol. The smallest absolute Gasteiger partial charge is 0.356 e. The highest BCUT2D eigenvalue weighted by Crippen LogP contribution is 2.23. The summed E-state index contributed by atoms with van der Waals surface area (Å²) in [6.45, 7) is -0.184. The molecule has 0 spiro atoms. The molecule has 0 fully saturated rings. The van der Waals surface area contributed by atoms with E-state index in [0.717, 1.165) is 0 Å². The number of aliphatic hydroxyl groups is 1. The predicted molar refractivity (Wildman–Crippen MR) is 69.0 cm³/mol. The third-order valence-corrected chi connectivity index (χ3v) is 3.20. The van der Waals surface area contributed by atoms with Crippen molar-refractivity contribution in [2.24, 2.45) is 0 Å². The Labute approximate surface area is 116 Å². The summed E-state index contributed by atoms with van der Waals surface area (Å²) in [5.74, 6) is -1.64. The van der Waals surface area contributed by atoms with Crippen LogP contribution in [0.15, 0.2) is 28.9 Å². The maximum atomic E-state index is 13.2. The van der Waals surface area contributed by atoms with Gasteiger partial charge in [-0.3, -0.25) is 0 Å². The minimum absolute atomic E-state index is 0.148. The summed E-state index contributed by atoms with van der Waals surface area (Å²) in [4.78, 5) is 11.0. The molecule has 0 unspecified atom stereocenters. The van der Waals surface area contributed by atoms with Crippen LogP contribution in [0, 0.1) is 5.82 Å². The summed E-state index contributed by atoms with van der Waals surface area (Å²) >= 11 is 3.25. The standard InChI is InChI=1S/C12H10BrFN2O3/c13-9-2-1-8(14)5-10(9)16-6-7(3-4-17)11(15-16)12(18)19/h1-2,5-6,17H,3-4H2,(H,18,19). The molecule has 1 heterocycles. The Balaban J connectivity index is 2.53. The summed E-state index contributed by atoms with van der Waals surface area (Å²) in [5.41, 5.74) is 0.642. The molecule has 0 saturated heterocycles. The van der Waals surface area contributed by atoms with Gasteiger partial charge in [-0.05, 0) is 34.5 Å². The third kappa shape index (κ3) is 2.82. The van der Waals surface area contributed by atoms with Gasteiger partial charge in [0.25, 0.3) is 0 Å². The van der Waals surface area contributed by atoms with Crippen molar-refractivity contribution >= 4 is 21.9 Å². The first-order valence-corrected chi connectivity index (χ1v) is 6.20. The van der Waals surface area contributed by atoms with Gasteiger partial charge in [-0.15, -0.1) is 0 Å². The van der Waals surface area contributed by atoms with E-state index in [0.29, 0.717) is 15.7 Å². The van der Waals surface area contributed by atoms with Crippen LogP contribution in [0.5, 0.6) is 0 Å². The zero-order valence-electron chi connectivity index (χ0n) is 9.68. The summed E-state index contributed by atoms with van der Waals surface area (Å²) < 4.78 is 15.1. The maximum absolute atomic E-state index is 13.2. The molecule has 2 aromatic rings. The number of halogens is 2. The Kier molecular flexibility index (Phi) is 3.96. The fraction of sp³-hybridized carbons (Fsp3) is 0.167. The van der Waals surface area contributed by atoms with Crippen molar-refractivity contribution in [3.05, 3.63) is 45.9 Å². The molecule has 2 N–H and O–H groups in total. The van der Waals surface area contributed by atoms with E-state index in [1.165, 1.54) is 29.1 Å². The van der Waals surface area contributed by atoms with Gasteiger partial charge in [0.1, 0.15) is 5.82 Å². The summed E-state index contributed by atoms with van der Waals surface area (Å²) in [6, 6.07) is 4.04. The highest BCUT2D eigenvalue weighted by atomic mass is 79.9. The summed E-state index contributed by atoms with van der Waals surface area (Å²) in [5, 5.41) is 21.8. The second kappa shape index (κ2) is 5.50. The lowest BCUT2D eigenvalue weighted by Crippen LogP contribution is -2.04. The molecule has 1 aromatic heterocycles. The maximum Gasteiger partial charge on any atom is 0.356 e. The van der Waals surface area contributed by atoms with E-state index in [-0.39, 0.29) is 18.7 Å². The van der Waals surface area contributed by atoms with Gasteiger partial charge < -0.3 is 10.2 Å². The van der Waals surface area contributed by atoms with E-state index in [2.05, 4.69) is 21.0 Å². The number of aromatic carboxylic acids is 1. The first-order valence-electron chi connectivity index (χ1n) is 5.41. The fourth-order valence-corrected chi connectivity index (χ4v) is 2.11. The minimum Gasteiger partial charge on any atom is -0.476 e. The first kappa shape index (κ1) is 13.7. The molecule has 1 aromatic carbocycles. The zero-order chi connectivity index (χ0) is 14.0. The van der Waals surface area contributed by atoms with Crippen LogP contribution >= 0.6 is 15.9 Å². The van der Waals surface area contributed by atoms with Gasteiger partial charge in [0, 0.05) is 28.9 Å². The average Bonchev–Trinajstić information content (AvgIpc) is 2.77. The van der Waals surface area contributed by atoms with E-state index < -0.39 is 11.8 Å². The number of hydrogen-bond donors (Lipinski definition) is 2. The van der Waals surface area contributed by atoms with Crippen molar-refractivity contribution in [2.45, 2.75) is 6.42 Å². The number of carbonyl (C=O) groups is 1. The van der Waals surface area contributed by atoms with Crippen LogP contribution in [0.25, 0.3) is 5.69 Å². The SMILES string of the molecule is O=C(O)c1nn(-c2cc(F)ccc2Br)cc1CCO. The second-order valence-corrected chi connectivity index (χ2v) is 4.68. The van der Waals surface area contributed by atoms with Crippen LogP contribution in [-0.4, -0.2) is 32.6 Å². The molecule has 0 bridgehead atoms. The van der Waals surface area contributed by atoms with Crippen molar-refractivity contribution in [3.63, 3.8) is 0 Å². The van der Waals surface area contributed by atoms with Crippen LogP contribution < -0.4 is 0 Å². The average molecular weight is 329 g/mol. The van der Waals surface area contributed by atoms with E-state index in [9.17, 15) is 9.18 Å². The van der Waals surface area contributed by atoms with Gasteiger partial charge in [-0.2, -0.15) is 5.10 Å². The Morgan fingerprint density at radius 3 is 2.84 bits per heavy atom. The quantitative estimate of drug-likeness (QED) is 0.900. The molecule has 2 rings (SSSR count). The lowest BCUT2D eigenvalue weighted by atomic mass is 10.2. The van der Waals surface area contributed by atoms with Crippen LogP contribution in [0.2, 0.25) is 0 Å². The predicted octanol–water partition coefficient (Wildman–Crippen LogP) is 2.01. The zero-order valence-corrected chi connectivity index (χ0v) is 11.3. The Morgan fingerprint density at radius 2 is 2.21 bits per heavy atom. The monoisotopic (exact) mass is 328 g/mol. The number of aromatic nitrogens is 2. The molecule has 0 aliphatic heterocycles. The molecule has 7 heteroatoms. The van der Waals surface area contributed by atoms with Gasteiger partial charge in [0.15, 0.2) is 5.69 Å². The van der Waals surface area contributed by atoms with Gasteiger partial charge >= 0.3 is 5.97 Å². The van der Waals surface area contributed by atoms with Crippen molar-refractivity contribution < 1.29 is 19.4 Å². The van der Waals surface area contributed by atoms with Crippen LogP contribution in [0.1, 0.15) is 16.1 Å². The fourth-order valence-electron chi connectivity index (χ4n) is 1.68. The molecule has 0 radical (unpaired) electrons. The van der Waals surface area contributed by atoms with E-state index in [4.69, 9.17) is 10.2 Å². The molecular formula is C12H10BrFN2O3. The molecule has 0 atom stereocenters. The molecule has 0 aliphatic rings. The van der Waals surface area contributed by atoms with Crippen molar-refractivity contribution in [1.82, 2.24) is 9.78 Å². The number of rotatable bonds is 4.